The molecule has 5 nitrogen and oxygen atoms in total. The van der Waals surface area contributed by atoms with Gasteiger partial charge in [0.25, 0.3) is 5.91 Å². The number of rotatable bonds is 3. The molecule has 1 heterocycles. The third-order valence-electron chi connectivity index (χ3n) is 4.25. The van der Waals surface area contributed by atoms with Crippen molar-refractivity contribution < 1.29 is 19.8 Å². The number of benzene rings is 2. The molecule has 3 rings (SSSR count). The summed E-state index contributed by atoms with van der Waals surface area (Å²) < 4.78 is 0. The van der Waals surface area contributed by atoms with Gasteiger partial charge in [-0.1, -0.05) is 36.4 Å². The van der Waals surface area contributed by atoms with Crippen LogP contribution in [0.5, 0.6) is 5.75 Å². The molecule has 2 atom stereocenters. The van der Waals surface area contributed by atoms with Gasteiger partial charge in [0.1, 0.15) is 5.75 Å². The van der Waals surface area contributed by atoms with Crippen LogP contribution >= 0.6 is 0 Å². The Labute approximate surface area is 133 Å². The van der Waals surface area contributed by atoms with Gasteiger partial charge in [-0.3, -0.25) is 9.59 Å². The lowest BCUT2D eigenvalue weighted by Crippen LogP contribution is -2.29. The standard InChI is InChI=1S/C18H17NO4/c20-14-8-4-7-13(9-14)17(21)19-10-15(16(11-19)18(22)23)12-5-2-1-3-6-12/h1-9,15-16,20H,10-11H2,(H,22,23)/t15-,16+/m0/s1. The summed E-state index contributed by atoms with van der Waals surface area (Å²) in [7, 11) is 0. The lowest BCUT2D eigenvalue weighted by atomic mass is 9.89. The number of phenolic OH excluding ortho intramolecular Hbond substituents is 1. The molecular formula is C18H17NO4. The average molecular weight is 311 g/mol. The van der Waals surface area contributed by atoms with Crippen molar-refractivity contribution in [2.75, 3.05) is 13.1 Å². The first kappa shape index (κ1) is 15.1. The molecule has 2 aromatic rings. The fourth-order valence-corrected chi connectivity index (χ4v) is 3.08. The highest BCUT2D eigenvalue weighted by atomic mass is 16.4. The first-order valence-corrected chi connectivity index (χ1v) is 7.42. The number of aromatic hydroxyl groups is 1. The third-order valence-corrected chi connectivity index (χ3v) is 4.25. The van der Waals surface area contributed by atoms with E-state index in [0.717, 1.165) is 5.56 Å². The maximum atomic E-state index is 12.6. The number of phenols is 1. The third kappa shape index (κ3) is 3.04. The van der Waals surface area contributed by atoms with Crippen molar-refractivity contribution in [1.82, 2.24) is 4.90 Å². The molecule has 1 saturated heterocycles. The molecule has 2 aromatic carbocycles. The zero-order valence-electron chi connectivity index (χ0n) is 12.4. The summed E-state index contributed by atoms with van der Waals surface area (Å²) in [6.45, 7) is 0.527. The topological polar surface area (TPSA) is 77.8 Å². The molecule has 1 amide bonds. The number of carboxylic acids is 1. The smallest absolute Gasteiger partial charge is 0.308 e. The van der Waals surface area contributed by atoms with E-state index < -0.39 is 11.9 Å². The number of hydrogen-bond acceptors (Lipinski definition) is 3. The van der Waals surface area contributed by atoms with Crippen LogP contribution in [0, 0.1) is 5.92 Å². The molecule has 0 saturated carbocycles. The number of aliphatic carboxylic acids is 1. The molecule has 0 aromatic heterocycles. The van der Waals surface area contributed by atoms with E-state index in [1.807, 2.05) is 30.3 Å². The van der Waals surface area contributed by atoms with E-state index in [1.165, 1.54) is 12.1 Å². The zero-order valence-corrected chi connectivity index (χ0v) is 12.4. The number of likely N-dealkylation sites (tertiary alicyclic amines) is 1. The second-order valence-electron chi connectivity index (χ2n) is 5.72. The largest absolute Gasteiger partial charge is 0.508 e. The van der Waals surface area contributed by atoms with Crippen molar-refractivity contribution in [2.24, 2.45) is 5.92 Å². The summed E-state index contributed by atoms with van der Waals surface area (Å²) in [5.74, 6) is -1.99. The molecule has 2 N–H and O–H groups in total. The van der Waals surface area contributed by atoms with Crippen molar-refractivity contribution >= 4 is 11.9 Å². The molecule has 0 unspecified atom stereocenters. The van der Waals surface area contributed by atoms with E-state index in [2.05, 4.69) is 0 Å². The van der Waals surface area contributed by atoms with Gasteiger partial charge in [-0.2, -0.15) is 0 Å². The van der Waals surface area contributed by atoms with Gasteiger partial charge < -0.3 is 15.1 Å². The van der Waals surface area contributed by atoms with Crippen LogP contribution in [0.15, 0.2) is 54.6 Å². The minimum Gasteiger partial charge on any atom is -0.508 e. The van der Waals surface area contributed by atoms with E-state index in [1.54, 1.807) is 17.0 Å². The Hall–Kier alpha value is -2.82. The maximum absolute atomic E-state index is 12.6. The quantitative estimate of drug-likeness (QED) is 0.912. The van der Waals surface area contributed by atoms with E-state index in [0.29, 0.717) is 12.1 Å². The fourth-order valence-electron chi connectivity index (χ4n) is 3.08. The molecule has 118 valence electrons. The van der Waals surface area contributed by atoms with Gasteiger partial charge in [0.05, 0.1) is 5.92 Å². The SMILES string of the molecule is O=C(O)[C@@H]1CN(C(=O)c2cccc(O)c2)C[C@H]1c1ccccc1. The Morgan fingerprint density at radius 1 is 1.00 bits per heavy atom. The van der Waals surface area contributed by atoms with Crippen molar-refractivity contribution in [2.45, 2.75) is 5.92 Å². The first-order chi connectivity index (χ1) is 11.1. The van der Waals surface area contributed by atoms with E-state index in [4.69, 9.17) is 0 Å². The number of hydrogen-bond donors (Lipinski definition) is 2. The Morgan fingerprint density at radius 2 is 1.74 bits per heavy atom. The minimum atomic E-state index is -0.898. The van der Waals surface area contributed by atoms with Crippen molar-refractivity contribution in [3.8, 4) is 5.75 Å². The predicted molar refractivity (Wildman–Crippen MR) is 84.3 cm³/mol. The summed E-state index contributed by atoms with van der Waals surface area (Å²) in [6.07, 6.45) is 0. The van der Waals surface area contributed by atoms with Crippen LogP contribution in [0.25, 0.3) is 0 Å². The molecule has 1 aliphatic rings. The van der Waals surface area contributed by atoms with Gasteiger partial charge >= 0.3 is 5.97 Å². The van der Waals surface area contributed by atoms with Crippen LogP contribution < -0.4 is 0 Å². The number of amides is 1. The van der Waals surface area contributed by atoms with Gasteiger partial charge in [0.15, 0.2) is 0 Å². The van der Waals surface area contributed by atoms with Gasteiger partial charge in [-0.05, 0) is 23.8 Å². The summed E-state index contributed by atoms with van der Waals surface area (Å²) in [6, 6.07) is 15.5. The monoisotopic (exact) mass is 311 g/mol. The lowest BCUT2D eigenvalue weighted by Gasteiger charge is -2.16. The van der Waals surface area contributed by atoms with Crippen LogP contribution in [0.3, 0.4) is 0 Å². The first-order valence-electron chi connectivity index (χ1n) is 7.42. The summed E-state index contributed by atoms with van der Waals surface area (Å²) in [5, 5.41) is 19.0. The normalized spacial score (nSPS) is 20.4. The van der Waals surface area contributed by atoms with Gasteiger partial charge in [0.2, 0.25) is 0 Å². The zero-order chi connectivity index (χ0) is 16.4. The molecule has 0 radical (unpaired) electrons. The van der Waals surface area contributed by atoms with Crippen LogP contribution in [0.2, 0.25) is 0 Å². The summed E-state index contributed by atoms with van der Waals surface area (Å²) in [4.78, 5) is 25.7. The second-order valence-corrected chi connectivity index (χ2v) is 5.72. The predicted octanol–water partition coefficient (Wildman–Crippen LogP) is 2.33. The average Bonchev–Trinajstić information content (AvgIpc) is 3.00. The highest BCUT2D eigenvalue weighted by Gasteiger charge is 2.40. The van der Waals surface area contributed by atoms with Crippen LogP contribution in [-0.4, -0.2) is 40.1 Å². The van der Waals surface area contributed by atoms with E-state index in [9.17, 15) is 19.8 Å². The molecule has 23 heavy (non-hydrogen) atoms. The summed E-state index contributed by atoms with van der Waals surface area (Å²) in [5.41, 5.74) is 1.29. The van der Waals surface area contributed by atoms with Crippen LogP contribution in [-0.2, 0) is 4.79 Å². The second kappa shape index (κ2) is 6.12. The molecule has 1 aliphatic heterocycles. The lowest BCUT2D eigenvalue weighted by molar-refractivity contribution is -0.141. The number of carboxylic acid groups (broad SMARTS) is 1. The Kier molecular flexibility index (Phi) is 4.02. The van der Waals surface area contributed by atoms with Crippen molar-refractivity contribution in [3.63, 3.8) is 0 Å². The van der Waals surface area contributed by atoms with Crippen LogP contribution in [0.4, 0.5) is 0 Å². The number of carbonyl (C=O) groups excluding carboxylic acids is 1. The Bertz CT molecular complexity index is 729. The van der Waals surface area contributed by atoms with Gasteiger partial charge in [-0.25, -0.2) is 0 Å². The highest BCUT2D eigenvalue weighted by molar-refractivity contribution is 5.95. The van der Waals surface area contributed by atoms with E-state index in [-0.39, 0.29) is 24.1 Å². The molecule has 0 bridgehead atoms. The number of nitrogens with zero attached hydrogens (tertiary/aromatic N) is 1. The van der Waals surface area contributed by atoms with Crippen LogP contribution in [0.1, 0.15) is 21.8 Å². The molecule has 1 fully saturated rings. The van der Waals surface area contributed by atoms with Crippen molar-refractivity contribution in [3.05, 3.63) is 65.7 Å². The van der Waals surface area contributed by atoms with E-state index >= 15 is 0 Å². The van der Waals surface area contributed by atoms with Gasteiger partial charge in [-0.15, -0.1) is 0 Å². The molecule has 0 aliphatic carbocycles. The molecule has 0 spiro atoms. The Balaban J connectivity index is 1.86. The number of carbonyl (C=O) groups is 2. The Morgan fingerprint density at radius 3 is 2.39 bits per heavy atom. The maximum Gasteiger partial charge on any atom is 0.308 e. The van der Waals surface area contributed by atoms with Crippen molar-refractivity contribution in [1.29, 1.82) is 0 Å². The minimum absolute atomic E-state index is 0.0180. The molecule has 5 heteroatoms. The highest BCUT2D eigenvalue weighted by Crippen LogP contribution is 2.33. The molecular weight excluding hydrogens is 294 g/mol. The van der Waals surface area contributed by atoms with Gasteiger partial charge in [0, 0.05) is 24.6 Å². The fraction of sp³-hybridized carbons (Fsp3) is 0.222. The summed E-state index contributed by atoms with van der Waals surface area (Å²) >= 11 is 0.